The van der Waals surface area contributed by atoms with Gasteiger partial charge in [-0.05, 0) is 36.3 Å². The summed E-state index contributed by atoms with van der Waals surface area (Å²) >= 11 is 7.47. The molecule has 0 heterocycles. The fourth-order valence-electron chi connectivity index (χ4n) is 2.57. The Bertz CT molecular complexity index is 530. The van der Waals surface area contributed by atoms with Crippen LogP contribution in [0.3, 0.4) is 0 Å². The Morgan fingerprint density at radius 3 is 2.00 bits per heavy atom. The van der Waals surface area contributed by atoms with Crippen LogP contribution in [0.1, 0.15) is 16.7 Å². The van der Waals surface area contributed by atoms with Crippen LogP contribution in [-0.2, 0) is 12.8 Å². The van der Waals surface area contributed by atoms with Crippen molar-refractivity contribution in [3.63, 3.8) is 0 Å². The molecule has 0 aromatic heterocycles. The predicted octanol–water partition coefficient (Wildman–Crippen LogP) is 5.56. The van der Waals surface area contributed by atoms with E-state index in [0.29, 0.717) is 0 Å². The van der Waals surface area contributed by atoms with Crippen LogP contribution in [0.5, 0.6) is 0 Å². The standard InChI is InChI=1S/C18H20Br2/c1-15-6-5-9-17(10-15)12-18(13-19,14-20)11-16-7-3-2-4-8-16/h2-10H,11-14H2,1H3. The van der Waals surface area contributed by atoms with Gasteiger partial charge >= 0.3 is 0 Å². The fraction of sp³-hybridized carbons (Fsp3) is 0.333. The summed E-state index contributed by atoms with van der Waals surface area (Å²) < 4.78 is 0. The Hall–Kier alpha value is -0.600. The van der Waals surface area contributed by atoms with Crippen molar-refractivity contribution in [2.45, 2.75) is 19.8 Å². The van der Waals surface area contributed by atoms with E-state index in [1.807, 2.05) is 0 Å². The summed E-state index contributed by atoms with van der Waals surface area (Å²) in [6, 6.07) is 19.6. The highest BCUT2D eigenvalue weighted by atomic mass is 79.9. The van der Waals surface area contributed by atoms with E-state index in [4.69, 9.17) is 0 Å². The molecule has 2 rings (SSSR count). The Kier molecular flexibility index (Phi) is 5.86. The van der Waals surface area contributed by atoms with E-state index in [-0.39, 0.29) is 5.41 Å². The fourth-order valence-corrected chi connectivity index (χ4v) is 4.29. The minimum atomic E-state index is 0.217. The summed E-state index contributed by atoms with van der Waals surface area (Å²) in [5, 5.41) is 1.99. The van der Waals surface area contributed by atoms with Crippen molar-refractivity contribution in [3.05, 3.63) is 71.3 Å². The zero-order valence-electron chi connectivity index (χ0n) is 11.8. The first-order chi connectivity index (χ1) is 9.67. The van der Waals surface area contributed by atoms with Crippen molar-refractivity contribution in [2.24, 2.45) is 5.41 Å². The lowest BCUT2D eigenvalue weighted by molar-refractivity contribution is 0.386. The molecule has 2 aromatic rings. The topological polar surface area (TPSA) is 0 Å². The van der Waals surface area contributed by atoms with E-state index < -0.39 is 0 Å². The van der Waals surface area contributed by atoms with Gasteiger partial charge in [0.05, 0.1) is 0 Å². The maximum atomic E-state index is 3.74. The van der Waals surface area contributed by atoms with Gasteiger partial charge in [0.2, 0.25) is 0 Å². The quantitative estimate of drug-likeness (QED) is 0.562. The van der Waals surface area contributed by atoms with Crippen LogP contribution in [0, 0.1) is 12.3 Å². The van der Waals surface area contributed by atoms with Crippen LogP contribution in [0.25, 0.3) is 0 Å². The Morgan fingerprint density at radius 2 is 1.40 bits per heavy atom. The molecule has 20 heavy (non-hydrogen) atoms. The van der Waals surface area contributed by atoms with Gasteiger partial charge in [0.15, 0.2) is 0 Å². The average Bonchev–Trinajstić information content (AvgIpc) is 2.47. The molecule has 0 radical (unpaired) electrons. The number of hydrogen-bond donors (Lipinski definition) is 0. The van der Waals surface area contributed by atoms with Gasteiger partial charge in [-0.25, -0.2) is 0 Å². The van der Waals surface area contributed by atoms with E-state index in [0.717, 1.165) is 23.5 Å². The number of rotatable bonds is 6. The van der Waals surface area contributed by atoms with Gasteiger partial charge in [-0.15, -0.1) is 0 Å². The first-order valence-corrected chi connectivity index (χ1v) is 9.13. The molecule has 0 bridgehead atoms. The number of halogens is 2. The van der Waals surface area contributed by atoms with E-state index >= 15 is 0 Å². The molecule has 0 spiro atoms. The summed E-state index contributed by atoms with van der Waals surface area (Å²) in [5.74, 6) is 0. The van der Waals surface area contributed by atoms with Gasteiger partial charge in [0.1, 0.15) is 0 Å². The van der Waals surface area contributed by atoms with E-state index in [9.17, 15) is 0 Å². The molecular weight excluding hydrogens is 376 g/mol. The van der Waals surface area contributed by atoms with Crippen LogP contribution in [-0.4, -0.2) is 10.7 Å². The molecule has 0 unspecified atom stereocenters. The molecule has 0 amide bonds. The van der Waals surface area contributed by atoms with Crippen molar-refractivity contribution in [3.8, 4) is 0 Å². The van der Waals surface area contributed by atoms with Crippen LogP contribution in [0.2, 0.25) is 0 Å². The average molecular weight is 396 g/mol. The molecule has 0 nitrogen and oxygen atoms in total. The summed E-state index contributed by atoms with van der Waals surface area (Å²) in [6.07, 6.45) is 2.17. The molecule has 106 valence electrons. The molecule has 2 aromatic carbocycles. The van der Waals surface area contributed by atoms with Gasteiger partial charge in [-0.3, -0.25) is 0 Å². The number of hydrogen-bond acceptors (Lipinski definition) is 0. The summed E-state index contributed by atoms with van der Waals surface area (Å²) in [7, 11) is 0. The third kappa shape index (κ3) is 4.20. The second-order valence-corrected chi connectivity index (χ2v) is 6.72. The van der Waals surface area contributed by atoms with Crippen molar-refractivity contribution in [1.29, 1.82) is 0 Å². The van der Waals surface area contributed by atoms with Gasteiger partial charge in [-0.2, -0.15) is 0 Å². The summed E-state index contributed by atoms with van der Waals surface area (Å²) in [5.41, 5.74) is 4.37. The number of benzene rings is 2. The Balaban J connectivity index is 2.21. The van der Waals surface area contributed by atoms with Crippen LogP contribution >= 0.6 is 31.9 Å². The highest BCUT2D eigenvalue weighted by molar-refractivity contribution is 9.09. The van der Waals surface area contributed by atoms with Gasteiger partial charge in [-0.1, -0.05) is 92.0 Å². The molecule has 0 aliphatic carbocycles. The summed E-state index contributed by atoms with van der Waals surface area (Å²) in [4.78, 5) is 0. The predicted molar refractivity (Wildman–Crippen MR) is 95.1 cm³/mol. The van der Waals surface area contributed by atoms with Gasteiger partial charge in [0, 0.05) is 10.7 Å². The Labute approximate surface area is 138 Å². The van der Waals surface area contributed by atoms with E-state index in [2.05, 4.69) is 93.4 Å². The lowest BCUT2D eigenvalue weighted by atomic mass is 9.80. The van der Waals surface area contributed by atoms with Crippen LogP contribution in [0.4, 0.5) is 0 Å². The molecule has 0 aliphatic rings. The van der Waals surface area contributed by atoms with Crippen molar-refractivity contribution in [2.75, 3.05) is 10.7 Å². The van der Waals surface area contributed by atoms with E-state index in [1.165, 1.54) is 16.7 Å². The first-order valence-electron chi connectivity index (χ1n) is 6.89. The SMILES string of the molecule is Cc1cccc(CC(CBr)(CBr)Cc2ccccc2)c1. The maximum absolute atomic E-state index is 3.74. The molecule has 0 saturated heterocycles. The third-order valence-corrected chi connectivity index (χ3v) is 6.03. The monoisotopic (exact) mass is 394 g/mol. The van der Waals surface area contributed by atoms with E-state index in [1.54, 1.807) is 0 Å². The van der Waals surface area contributed by atoms with Crippen molar-refractivity contribution >= 4 is 31.9 Å². The summed E-state index contributed by atoms with van der Waals surface area (Å²) in [6.45, 7) is 2.16. The second-order valence-electron chi connectivity index (χ2n) is 5.60. The lowest BCUT2D eigenvalue weighted by Gasteiger charge is -2.30. The smallest absolute Gasteiger partial charge is 0.0102 e. The second kappa shape index (κ2) is 7.42. The number of aryl methyl sites for hydroxylation is 1. The molecule has 0 fully saturated rings. The molecular formula is C18H20Br2. The van der Waals surface area contributed by atoms with Crippen LogP contribution in [0.15, 0.2) is 54.6 Å². The van der Waals surface area contributed by atoms with Crippen molar-refractivity contribution < 1.29 is 0 Å². The zero-order valence-corrected chi connectivity index (χ0v) is 15.0. The lowest BCUT2D eigenvalue weighted by Crippen LogP contribution is -2.30. The normalized spacial score (nSPS) is 11.6. The van der Waals surface area contributed by atoms with Gasteiger partial charge in [0.25, 0.3) is 0 Å². The number of alkyl halides is 2. The third-order valence-electron chi connectivity index (χ3n) is 3.65. The first kappa shape index (κ1) is 15.8. The highest BCUT2D eigenvalue weighted by Gasteiger charge is 2.28. The highest BCUT2D eigenvalue weighted by Crippen LogP contribution is 2.32. The van der Waals surface area contributed by atoms with Crippen molar-refractivity contribution in [1.82, 2.24) is 0 Å². The largest absolute Gasteiger partial charge is 0.0921 e. The Morgan fingerprint density at radius 1 is 0.800 bits per heavy atom. The minimum absolute atomic E-state index is 0.217. The molecule has 0 N–H and O–H groups in total. The van der Waals surface area contributed by atoms with Gasteiger partial charge < -0.3 is 0 Å². The minimum Gasteiger partial charge on any atom is -0.0921 e. The molecule has 0 aliphatic heterocycles. The maximum Gasteiger partial charge on any atom is 0.0102 e. The zero-order chi connectivity index (χ0) is 14.4. The molecule has 0 atom stereocenters. The molecule has 0 saturated carbocycles. The van der Waals surface area contributed by atoms with Crippen LogP contribution < -0.4 is 0 Å². The molecule has 2 heteroatoms.